The molecule has 2 N–H and O–H groups in total. The van der Waals surface area contributed by atoms with Gasteiger partial charge in [0, 0.05) is 28.0 Å². The van der Waals surface area contributed by atoms with Crippen LogP contribution in [-0.4, -0.2) is 10.9 Å². The SMILES string of the molecule is O=C(NCc1ccccc1)c1[nH]c2ccc(Cl)c(Cc3ccccc3)c2c1-c1ccccc1. The van der Waals surface area contributed by atoms with E-state index in [1.807, 2.05) is 91.0 Å². The van der Waals surface area contributed by atoms with Crippen LogP contribution in [0.5, 0.6) is 0 Å². The minimum absolute atomic E-state index is 0.143. The Bertz CT molecular complexity index is 1390. The first-order valence-corrected chi connectivity index (χ1v) is 11.3. The lowest BCUT2D eigenvalue weighted by Crippen LogP contribution is -2.23. The maximum atomic E-state index is 13.4. The molecular weight excluding hydrogens is 428 g/mol. The Kier molecular flexibility index (Phi) is 5.97. The highest BCUT2D eigenvalue weighted by molar-refractivity contribution is 6.33. The van der Waals surface area contributed by atoms with Gasteiger partial charge in [-0.25, -0.2) is 0 Å². The van der Waals surface area contributed by atoms with Gasteiger partial charge >= 0.3 is 0 Å². The summed E-state index contributed by atoms with van der Waals surface area (Å²) < 4.78 is 0. The van der Waals surface area contributed by atoms with Gasteiger partial charge in [0.2, 0.25) is 0 Å². The number of amides is 1. The lowest BCUT2D eigenvalue weighted by atomic mass is 9.94. The van der Waals surface area contributed by atoms with Gasteiger partial charge in [-0.3, -0.25) is 4.79 Å². The molecule has 4 aromatic carbocycles. The quantitative estimate of drug-likeness (QED) is 0.287. The van der Waals surface area contributed by atoms with Crippen LogP contribution >= 0.6 is 11.6 Å². The first kappa shape index (κ1) is 21.0. The number of benzene rings is 4. The molecule has 162 valence electrons. The summed E-state index contributed by atoms with van der Waals surface area (Å²) in [7, 11) is 0. The van der Waals surface area contributed by atoms with Gasteiger partial charge in [0.05, 0.1) is 0 Å². The van der Waals surface area contributed by atoms with Gasteiger partial charge in [-0.1, -0.05) is 103 Å². The average Bonchev–Trinajstić information content (AvgIpc) is 3.26. The van der Waals surface area contributed by atoms with Crippen LogP contribution in [0.25, 0.3) is 22.0 Å². The van der Waals surface area contributed by atoms with Crippen molar-refractivity contribution in [2.45, 2.75) is 13.0 Å². The molecule has 0 aliphatic rings. The number of H-pyrrole nitrogens is 1. The molecule has 5 aromatic rings. The molecule has 1 aromatic heterocycles. The van der Waals surface area contributed by atoms with E-state index in [9.17, 15) is 4.79 Å². The van der Waals surface area contributed by atoms with Crippen molar-refractivity contribution < 1.29 is 4.79 Å². The Labute approximate surface area is 198 Å². The largest absolute Gasteiger partial charge is 0.350 e. The number of nitrogens with one attached hydrogen (secondary N) is 2. The molecule has 0 radical (unpaired) electrons. The summed E-state index contributed by atoms with van der Waals surface area (Å²) >= 11 is 6.73. The van der Waals surface area contributed by atoms with E-state index >= 15 is 0 Å². The van der Waals surface area contributed by atoms with Gasteiger partial charge in [-0.05, 0) is 40.8 Å². The molecule has 0 fully saturated rings. The Hall–Kier alpha value is -3.82. The van der Waals surface area contributed by atoms with Crippen molar-refractivity contribution in [2.75, 3.05) is 0 Å². The Morgan fingerprint density at radius 1 is 0.758 bits per heavy atom. The van der Waals surface area contributed by atoms with Crippen LogP contribution < -0.4 is 5.32 Å². The second-order valence-electron chi connectivity index (χ2n) is 8.02. The van der Waals surface area contributed by atoms with Crippen molar-refractivity contribution in [3.8, 4) is 11.1 Å². The monoisotopic (exact) mass is 450 g/mol. The minimum atomic E-state index is -0.143. The first-order valence-electron chi connectivity index (χ1n) is 11.0. The van der Waals surface area contributed by atoms with Crippen molar-refractivity contribution in [2.24, 2.45) is 0 Å². The number of fused-ring (bicyclic) bond motifs is 1. The molecule has 5 rings (SSSR count). The summed E-state index contributed by atoms with van der Waals surface area (Å²) in [5, 5.41) is 4.75. The predicted molar refractivity (Wildman–Crippen MR) is 136 cm³/mol. The molecule has 0 aliphatic carbocycles. The number of aromatic nitrogens is 1. The topological polar surface area (TPSA) is 44.9 Å². The van der Waals surface area contributed by atoms with Crippen molar-refractivity contribution in [3.05, 3.63) is 131 Å². The van der Waals surface area contributed by atoms with E-state index in [0.717, 1.165) is 33.2 Å². The highest BCUT2D eigenvalue weighted by Crippen LogP contribution is 2.38. The van der Waals surface area contributed by atoms with E-state index in [1.54, 1.807) is 0 Å². The lowest BCUT2D eigenvalue weighted by molar-refractivity contribution is 0.0947. The molecule has 1 heterocycles. The summed E-state index contributed by atoms with van der Waals surface area (Å²) in [6, 6.07) is 34.0. The van der Waals surface area contributed by atoms with Crippen LogP contribution in [0.3, 0.4) is 0 Å². The van der Waals surface area contributed by atoms with Gasteiger partial charge in [-0.15, -0.1) is 0 Å². The van der Waals surface area contributed by atoms with Crippen LogP contribution in [0.1, 0.15) is 27.2 Å². The number of aromatic amines is 1. The van der Waals surface area contributed by atoms with E-state index < -0.39 is 0 Å². The first-order chi connectivity index (χ1) is 16.2. The molecule has 0 saturated carbocycles. The zero-order valence-corrected chi connectivity index (χ0v) is 18.8. The average molecular weight is 451 g/mol. The Morgan fingerprint density at radius 3 is 2.03 bits per heavy atom. The van der Waals surface area contributed by atoms with Gasteiger partial charge in [0.15, 0.2) is 0 Å². The maximum absolute atomic E-state index is 13.4. The molecule has 0 bridgehead atoms. The molecule has 0 spiro atoms. The molecule has 1 amide bonds. The zero-order chi connectivity index (χ0) is 22.6. The molecule has 0 aliphatic heterocycles. The minimum Gasteiger partial charge on any atom is -0.350 e. The lowest BCUT2D eigenvalue weighted by Gasteiger charge is -2.11. The third-order valence-corrected chi connectivity index (χ3v) is 6.18. The third-order valence-electron chi connectivity index (χ3n) is 5.82. The standard InChI is InChI=1S/C29H23ClN2O/c30-24-16-17-25-27(23(24)18-20-10-4-1-5-11-20)26(22-14-8-3-9-15-22)28(32-25)29(33)31-19-21-12-6-2-7-13-21/h1-17,32H,18-19H2,(H,31,33). The van der Waals surface area contributed by atoms with Crippen LogP contribution in [-0.2, 0) is 13.0 Å². The predicted octanol–water partition coefficient (Wildman–Crippen LogP) is 7.01. The maximum Gasteiger partial charge on any atom is 0.268 e. The number of halogens is 1. The van der Waals surface area contributed by atoms with Crippen molar-refractivity contribution in [3.63, 3.8) is 0 Å². The third kappa shape index (κ3) is 4.41. The highest BCUT2D eigenvalue weighted by atomic mass is 35.5. The highest BCUT2D eigenvalue weighted by Gasteiger charge is 2.22. The second-order valence-corrected chi connectivity index (χ2v) is 8.43. The van der Waals surface area contributed by atoms with Crippen molar-refractivity contribution >= 4 is 28.4 Å². The van der Waals surface area contributed by atoms with E-state index in [2.05, 4.69) is 22.4 Å². The number of hydrogen-bond donors (Lipinski definition) is 2. The summed E-state index contributed by atoms with van der Waals surface area (Å²) in [5.74, 6) is -0.143. The summed E-state index contributed by atoms with van der Waals surface area (Å²) in [6.07, 6.45) is 0.680. The molecule has 0 saturated heterocycles. The molecule has 4 heteroatoms. The summed E-state index contributed by atoms with van der Waals surface area (Å²) in [6.45, 7) is 0.459. The van der Waals surface area contributed by atoms with Gasteiger partial charge in [0.25, 0.3) is 5.91 Å². The van der Waals surface area contributed by atoms with Gasteiger partial charge in [0.1, 0.15) is 5.69 Å². The fraction of sp³-hybridized carbons (Fsp3) is 0.0690. The van der Waals surface area contributed by atoms with E-state index in [0.29, 0.717) is 23.7 Å². The number of hydrogen-bond acceptors (Lipinski definition) is 1. The smallest absolute Gasteiger partial charge is 0.268 e. The molecule has 3 nitrogen and oxygen atoms in total. The number of carbonyl (C=O) groups excluding carboxylic acids is 1. The van der Waals surface area contributed by atoms with Crippen LogP contribution in [0.15, 0.2) is 103 Å². The Morgan fingerprint density at radius 2 is 1.36 bits per heavy atom. The normalized spacial score (nSPS) is 10.9. The van der Waals surface area contributed by atoms with Crippen LogP contribution in [0.2, 0.25) is 5.02 Å². The summed E-state index contributed by atoms with van der Waals surface area (Å²) in [5.41, 5.74) is 6.53. The van der Waals surface area contributed by atoms with Gasteiger partial charge < -0.3 is 10.3 Å². The molecule has 0 atom stereocenters. The fourth-order valence-corrected chi connectivity index (χ4v) is 4.46. The van der Waals surface area contributed by atoms with E-state index in [1.165, 1.54) is 5.56 Å². The number of carbonyl (C=O) groups is 1. The van der Waals surface area contributed by atoms with Gasteiger partial charge in [-0.2, -0.15) is 0 Å². The number of rotatable bonds is 6. The molecule has 33 heavy (non-hydrogen) atoms. The Balaban J connectivity index is 1.63. The van der Waals surface area contributed by atoms with E-state index in [-0.39, 0.29) is 5.91 Å². The fourth-order valence-electron chi connectivity index (χ4n) is 4.24. The zero-order valence-electron chi connectivity index (χ0n) is 18.0. The van der Waals surface area contributed by atoms with Crippen LogP contribution in [0, 0.1) is 0 Å². The molecular formula is C29H23ClN2O. The van der Waals surface area contributed by atoms with Crippen molar-refractivity contribution in [1.29, 1.82) is 0 Å². The molecule has 0 unspecified atom stereocenters. The van der Waals surface area contributed by atoms with Crippen LogP contribution in [0.4, 0.5) is 0 Å². The summed E-state index contributed by atoms with van der Waals surface area (Å²) in [4.78, 5) is 16.7. The van der Waals surface area contributed by atoms with E-state index in [4.69, 9.17) is 11.6 Å². The van der Waals surface area contributed by atoms with Crippen molar-refractivity contribution in [1.82, 2.24) is 10.3 Å². The second kappa shape index (κ2) is 9.35.